The molecule has 1 N–H and O–H groups in total. The maximum atomic E-state index is 11.7. The second kappa shape index (κ2) is 7.12. The zero-order valence-corrected chi connectivity index (χ0v) is 13.3. The Morgan fingerprint density at radius 2 is 1.86 bits per heavy atom. The predicted molar refractivity (Wildman–Crippen MR) is 87.6 cm³/mol. The van der Waals surface area contributed by atoms with Gasteiger partial charge in [-0.1, -0.05) is 48.9 Å². The van der Waals surface area contributed by atoms with E-state index in [0.717, 1.165) is 28.9 Å². The van der Waals surface area contributed by atoms with Gasteiger partial charge < -0.3 is 9.84 Å². The molecule has 22 heavy (non-hydrogen) atoms. The van der Waals surface area contributed by atoms with Crippen LogP contribution in [0.4, 0.5) is 0 Å². The Labute approximate surface area is 131 Å². The fourth-order valence-corrected chi connectivity index (χ4v) is 2.60. The third-order valence-corrected chi connectivity index (χ3v) is 3.95. The van der Waals surface area contributed by atoms with Crippen LogP contribution in [-0.4, -0.2) is 18.2 Å². The second-order valence-electron chi connectivity index (χ2n) is 5.51. The van der Waals surface area contributed by atoms with Gasteiger partial charge in [0.1, 0.15) is 5.75 Å². The first-order valence-corrected chi connectivity index (χ1v) is 7.50. The highest BCUT2D eigenvalue weighted by molar-refractivity contribution is 5.76. The topological polar surface area (TPSA) is 46.5 Å². The Hall–Kier alpha value is -2.29. The largest absolute Gasteiger partial charge is 0.496 e. The number of aryl methyl sites for hydroxylation is 2. The molecule has 2 rings (SSSR count). The summed E-state index contributed by atoms with van der Waals surface area (Å²) in [4.78, 5) is 11.7. The van der Waals surface area contributed by atoms with Crippen LogP contribution in [0.5, 0.6) is 5.75 Å². The summed E-state index contributed by atoms with van der Waals surface area (Å²) in [5.41, 5.74) is 4.07. The molecule has 3 heteroatoms. The van der Waals surface area contributed by atoms with Crippen LogP contribution in [0.25, 0.3) is 0 Å². The monoisotopic (exact) mass is 298 g/mol. The van der Waals surface area contributed by atoms with Crippen molar-refractivity contribution in [3.8, 4) is 5.75 Å². The van der Waals surface area contributed by atoms with Gasteiger partial charge in [0.05, 0.1) is 13.0 Å². The van der Waals surface area contributed by atoms with Gasteiger partial charge in [-0.2, -0.15) is 0 Å². The van der Waals surface area contributed by atoms with E-state index in [4.69, 9.17) is 4.74 Å². The molecule has 2 aromatic rings. The van der Waals surface area contributed by atoms with E-state index in [1.807, 2.05) is 56.3 Å². The normalized spacial score (nSPS) is 12.0. The highest BCUT2D eigenvalue weighted by Crippen LogP contribution is 2.27. The molecule has 1 unspecified atom stereocenters. The van der Waals surface area contributed by atoms with Gasteiger partial charge in [-0.05, 0) is 42.5 Å². The molecule has 2 aromatic carbocycles. The average molecular weight is 298 g/mol. The summed E-state index contributed by atoms with van der Waals surface area (Å²) in [5, 5.41) is 9.60. The van der Waals surface area contributed by atoms with Crippen molar-refractivity contribution in [1.82, 2.24) is 0 Å². The number of rotatable bonds is 6. The van der Waals surface area contributed by atoms with Crippen molar-refractivity contribution in [3.63, 3.8) is 0 Å². The summed E-state index contributed by atoms with van der Waals surface area (Å²) in [7, 11) is 1.63. The van der Waals surface area contributed by atoms with Crippen LogP contribution in [0.2, 0.25) is 0 Å². The van der Waals surface area contributed by atoms with Gasteiger partial charge >= 0.3 is 5.97 Å². The molecule has 0 saturated heterocycles. The van der Waals surface area contributed by atoms with Crippen molar-refractivity contribution in [2.24, 2.45) is 0 Å². The molecule has 0 aliphatic carbocycles. The number of carboxylic acids is 1. The van der Waals surface area contributed by atoms with Crippen LogP contribution in [0, 0.1) is 6.92 Å². The van der Waals surface area contributed by atoms with Crippen molar-refractivity contribution in [2.75, 3.05) is 7.11 Å². The zero-order valence-electron chi connectivity index (χ0n) is 13.3. The number of hydrogen-bond donors (Lipinski definition) is 1. The Morgan fingerprint density at radius 1 is 1.18 bits per heavy atom. The summed E-state index contributed by atoms with van der Waals surface area (Å²) < 4.78 is 5.32. The fraction of sp³-hybridized carbons (Fsp3) is 0.316. The first kappa shape index (κ1) is 16.1. The number of carbonyl (C=O) groups is 1. The average Bonchev–Trinajstić information content (AvgIpc) is 2.53. The summed E-state index contributed by atoms with van der Waals surface area (Å²) in [6.45, 7) is 4.06. The molecule has 0 bridgehead atoms. The van der Waals surface area contributed by atoms with Gasteiger partial charge in [0.2, 0.25) is 0 Å². The predicted octanol–water partition coefficient (Wildman–Crippen LogP) is 3.98. The van der Waals surface area contributed by atoms with Crippen molar-refractivity contribution in [2.45, 2.75) is 32.6 Å². The molecular weight excluding hydrogens is 276 g/mol. The number of benzene rings is 2. The molecule has 0 heterocycles. The smallest absolute Gasteiger partial charge is 0.311 e. The summed E-state index contributed by atoms with van der Waals surface area (Å²) in [5.74, 6) is -0.530. The SMILES string of the molecule is CCc1cc(C(Cc2ccc(C)cc2)C(=O)O)ccc1OC. The van der Waals surface area contributed by atoms with E-state index < -0.39 is 11.9 Å². The number of hydrogen-bond acceptors (Lipinski definition) is 2. The molecule has 0 aliphatic heterocycles. The maximum Gasteiger partial charge on any atom is 0.311 e. The zero-order chi connectivity index (χ0) is 16.1. The summed E-state index contributed by atoms with van der Waals surface area (Å²) in [6.07, 6.45) is 1.30. The molecular formula is C19H22O3. The fourth-order valence-electron chi connectivity index (χ4n) is 2.60. The lowest BCUT2D eigenvalue weighted by atomic mass is 9.90. The van der Waals surface area contributed by atoms with Gasteiger partial charge in [0, 0.05) is 0 Å². The minimum Gasteiger partial charge on any atom is -0.496 e. The van der Waals surface area contributed by atoms with Crippen LogP contribution >= 0.6 is 0 Å². The number of carboxylic acid groups (broad SMARTS) is 1. The number of aliphatic carboxylic acids is 1. The van der Waals surface area contributed by atoms with Crippen LogP contribution < -0.4 is 4.74 Å². The quantitative estimate of drug-likeness (QED) is 0.877. The van der Waals surface area contributed by atoms with Crippen molar-refractivity contribution < 1.29 is 14.6 Å². The molecule has 0 fully saturated rings. The molecule has 0 aromatic heterocycles. The highest BCUT2D eigenvalue weighted by atomic mass is 16.5. The van der Waals surface area contributed by atoms with E-state index >= 15 is 0 Å². The highest BCUT2D eigenvalue weighted by Gasteiger charge is 2.21. The van der Waals surface area contributed by atoms with E-state index in [-0.39, 0.29) is 0 Å². The van der Waals surface area contributed by atoms with Crippen molar-refractivity contribution >= 4 is 5.97 Å². The van der Waals surface area contributed by atoms with Gasteiger partial charge in [0.15, 0.2) is 0 Å². The lowest BCUT2D eigenvalue weighted by Gasteiger charge is -2.16. The van der Waals surface area contributed by atoms with E-state index in [9.17, 15) is 9.90 Å². The minimum absolute atomic E-state index is 0.491. The van der Waals surface area contributed by atoms with E-state index in [0.29, 0.717) is 6.42 Å². The van der Waals surface area contributed by atoms with Gasteiger partial charge in [-0.25, -0.2) is 0 Å². The van der Waals surface area contributed by atoms with Crippen LogP contribution in [0.3, 0.4) is 0 Å². The Kier molecular flexibility index (Phi) is 5.21. The number of ether oxygens (including phenoxy) is 1. The second-order valence-corrected chi connectivity index (χ2v) is 5.51. The van der Waals surface area contributed by atoms with E-state index in [1.165, 1.54) is 5.56 Å². The minimum atomic E-state index is -0.798. The molecule has 3 nitrogen and oxygen atoms in total. The van der Waals surface area contributed by atoms with Gasteiger partial charge in [0.25, 0.3) is 0 Å². The molecule has 1 atom stereocenters. The van der Waals surface area contributed by atoms with Gasteiger partial charge in [-0.3, -0.25) is 4.79 Å². The molecule has 0 aliphatic rings. The summed E-state index contributed by atoms with van der Waals surface area (Å²) >= 11 is 0. The lowest BCUT2D eigenvalue weighted by molar-refractivity contribution is -0.138. The third-order valence-electron chi connectivity index (χ3n) is 3.95. The molecule has 0 saturated carbocycles. The van der Waals surface area contributed by atoms with Crippen molar-refractivity contribution in [3.05, 3.63) is 64.7 Å². The maximum absolute atomic E-state index is 11.7. The number of methoxy groups -OCH3 is 1. The first-order valence-electron chi connectivity index (χ1n) is 7.50. The lowest BCUT2D eigenvalue weighted by Crippen LogP contribution is -2.15. The van der Waals surface area contributed by atoms with Gasteiger partial charge in [-0.15, -0.1) is 0 Å². The Bertz CT molecular complexity index is 644. The standard InChI is InChI=1S/C19H22O3/c1-4-15-12-16(9-10-18(15)22-3)17(19(20)21)11-14-7-5-13(2)6-8-14/h5-10,12,17H,4,11H2,1-3H3,(H,20,21). The summed E-state index contributed by atoms with van der Waals surface area (Å²) in [6, 6.07) is 13.7. The van der Waals surface area contributed by atoms with E-state index in [2.05, 4.69) is 0 Å². The molecule has 0 spiro atoms. The molecule has 0 radical (unpaired) electrons. The van der Waals surface area contributed by atoms with Crippen molar-refractivity contribution in [1.29, 1.82) is 0 Å². The molecule has 0 amide bonds. The first-order chi connectivity index (χ1) is 10.5. The third kappa shape index (κ3) is 3.67. The Morgan fingerprint density at radius 3 is 2.41 bits per heavy atom. The van der Waals surface area contributed by atoms with E-state index in [1.54, 1.807) is 7.11 Å². The van der Waals surface area contributed by atoms with Crippen LogP contribution in [0.1, 0.15) is 35.1 Å². The Balaban J connectivity index is 2.31. The van der Waals surface area contributed by atoms with Crippen LogP contribution in [0.15, 0.2) is 42.5 Å². The molecule has 116 valence electrons. The van der Waals surface area contributed by atoms with Crippen LogP contribution in [-0.2, 0) is 17.6 Å².